The van der Waals surface area contributed by atoms with Crippen LogP contribution >= 0.6 is 11.6 Å². The molecule has 2 rings (SSSR count). The minimum Gasteiger partial charge on any atom is -0.483 e. The van der Waals surface area contributed by atoms with E-state index in [0.717, 1.165) is 24.0 Å². The SMILES string of the molecule is CCCCNC(=O)C(CC)N(Cc1ccc(Cl)cc1)C(=O)COc1ccccc1C(C)(C)C. The number of unbranched alkanes of at least 4 members (excludes halogenated alkanes) is 1. The van der Waals surface area contributed by atoms with Crippen LogP contribution < -0.4 is 10.1 Å². The molecule has 0 fully saturated rings. The largest absolute Gasteiger partial charge is 0.483 e. The minimum atomic E-state index is -0.577. The summed E-state index contributed by atoms with van der Waals surface area (Å²) in [6, 6.07) is 14.5. The summed E-state index contributed by atoms with van der Waals surface area (Å²) in [5.74, 6) is 0.319. The summed E-state index contributed by atoms with van der Waals surface area (Å²) in [5, 5.41) is 3.60. The van der Waals surface area contributed by atoms with E-state index < -0.39 is 6.04 Å². The second-order valence-electron chi connectivity index (χ2n) is 9.25. The van der Waals surface area contributed by atoms with Gasteiger partial charge in [0, 0.05) is 18.1 Å². The van der Waals surface area contributed by atoms with Crippen molar-refractivity contribution in [1.29, 1.82) is 0 Å². The fraction of sp³-hybridized carbons (Fsp3) is 0.481. The molecule has 6 heteroatoms. The second kappa shape index (κ2) is 12.6. The number of amides is 2. The molecule has 0 aromatic heterocycles. The number of halogens is 1. The summed E-state index contributed by atoms with van der Waals surface area (Å²) in [5.41, 5.74) is 1.82. The Bertz CT molecular complexity index is 906. The summed E-state index contributed by atoms with van der Waals surface area (Å²) in [7, 11) is 0. The molecule has 180 valence electrons. The molecule has 1 N–H and O–H groups in total. The van der Waals surface area contributed by atoms with Crippen LogP contribution in [0, 0.1) is 0 Å². The molecule has 2 aromatic rings. The zero-order valence-electron chi connectivity index (χ0n) is 20.5. The molecule has 0 saturated carbocycles. The third-order valence-electron chi connectivity index (χ3n) is 5.53. The molecular weight excluding hydrogens is 436 g/mol. The van der Waals surface area contributed by atoms with Crippen molar-refractivity contribution in [3.63, 3.8) is 0 Å². The monoisotopic (exact) mass is 472 g/mol. The maximum Gasteiger partial charge on any atom is 0.261 e. The Balaban J connectivity index is 2.23. The molecule has 0 radical (unpaired) electrons. The van der Waals surface area contributed by atoms with E-state index in [4.69, 9.17) is 16.3 Å². The normalized spacial score (nSPS) is 12.2. The topological polar surface area (TPSA) is 58.6 Å². The zero-order chi connectivity index (χ0) is 24.4. The summed E-state index contributed by atoms with van der Waals surface area (Å²) in [4.78, 5) is 27.9. The minimum absolute atomic E-state index is 0.117. The number of rotatable bonds is 11. The van der Waals surface area contributed by atoms with Crippen LogP contribution in [0.2, 0.25) is 5.02 Å². The lowest BCUT2D eigenvalue weighted by molar-refractivity contribution is -0.143. The molecule has 33 heavy (non-hydrogen) atoms. The number of hydrogen-bond donors (Lipinski definition) is 1. The molecule has 0 heterocycles. The summed E-state index contributed by atoms with van der Waals surface area (Å²) in [6.45, 7) is 11.1. The fourth-order valence-corrected chi connectivity index (χ4v) is 3.77. The predicted octanol–water partition coefficient (Wildman–Crippen LogP) is 5.74. The first kappa shape index (κ1) is 26.7. The van der Waals surface area contributed by atoms with Crippen LogP contribution in [0.25, 0.3) is 0 Å². The standard InChI is InChI=1S/C27H37ClN2O3/c1-6-8-17-29-26(32)23(7-2)30(18-20-13-15-21(28)16-14-20)25(31)19-33-24-12-10-9-11-22(24)27(3,4)5/h9-16,23H,6-8,17-19H2,1-5H3,(H,29,32). The van der Waals surface area contributed by atoms with E-state index in [1.54, 1.807) is 17.0 Å². The average molecular weight is 473 g/mol. The average Bonchev–Trinajstić information content (AvgIpc) is 2.78. The van der Waals surface area contributed by atoms with E-state index in [2.05, 4.69) is 33.0 Å². The van der Waals surface area contributed by atoms with Crippen LogP contribution in [0.1, 0.15) is 65.0 Å². The van der Waals surface area contributed by atoms with Crippen LogP contribution in [0.15, 0.2) is 48.5 Å². The van der Waals surface area contributed by atoms with Crippen molar-refractivity contribution in [3.8, 4) is 5.75 Å². The highest BCUT2D eigenvalue weighted by atomic mass is 35.5. The lowest BCUT2D eigenvalue weighted by atomic mass is 9.86. The first-order valence-corrected chi connectivity index (χ1v) is 12.1. The van der Waals surface area contributed by atoms with Crippen LogP contribution in [0.5, 0.6) is 5.75 Å². The van der Waals surface area contributed by atoms with Gasteiger partial charge in [0.2, 0.25) is 5.91 Å². The molecule has 0 bridgehead atoms. The predicted molar refractivity (Wildman–Crippen MR) is 135 cm³/mol. The van der Waals surface area contributed by atoms with Crippen molar-refractivity contribution >= 4 is 23.4 Å². The van der Waals surface area contributed by atoms with Gasteiger partial charge >= 0.3 is 0 Å². The van der Waals surface area contributed by atoms with Gasteiger partial charge in [-0.3, -0.25) is 9.59 Å². The van der Waals surface area contributed by atoms with E-state index in [-0.39, 0.29) is 23.8 Å². The molecule has 0 saturated heterocycles. The van der Waals surface area contributed by atoms with Crippen LogP contribution in [0.4, 0.5) is 0 Å². The molecular formula is C27H37ClN2O3. The Morgan fingerprint density at radius 3 is 2.33 bits per heavy atom. The lowest BCUT2D eigenvalue weighted by Gasteiger charge is -2.31. The molecule has 5 nitrogen and oxygen atoms in total. The van der Waals surface area contributed by atoms with Gasteiger partial charge in [0.05, 0.1) is 0 Å². The Labute approximate surface area is 203 Å². The van der Waals surface area contributed by atoms with Crippen molar-refractivity contribution in [2.24, 2.45) is 0 Å². The first-order valence-electron chi connectivity index (χ1n) is 11.7. The molecule has 0 aliphatic carbocycles. The van der Waals surface area contributed by atoms with Crippen molar-refractivity contribution < 1.29 is 14.3 Å². The van der Waals surface area contributed by atoms with Gasteiger partial charge in [0.25, 0.3) is 5.91 Å². The van der Waals surface area contributed by atoms with Gasteiger partial charge in [-0.15, -0.1) is 0 Å². The molecule has 2 amide bonds. The highest BCUT2D eigenvalue weighted by molar-refractivity contribution is 6.30. The summed E-state index contributed by atoms with van der Waals surface area (Å²) >= 11 is 6.03. The number of carbonyl (C=O) groups is 2. The molecule has 1 atom stereocenters. The van der Waals surface area contributed by atoms with Crippen molar-refractivity contribution in [2.75, 3.05) is 13.2 Å². The number of para-hydroxylation sites is 1. The number of nitrogens with one attached hydrogen (secondary N) is 1. The number of nitrogens with zero attached hydrogens (tertiary/aromatic N) is 1. The quantitative estimate of drug-likeness (QED) is 0.424. The number of carbonyl (C=O) groups excluding carboxylic acids is 2. The smallest absolute Gasteiger partial charge is 0.261 e. The van der Waals surface area contributed by atoms with E-state index >= 15 is 0 Å². The van der Waals surface area contributed by atoms with Gasteiger partial charge < -0.3 is 15.0 Å². The summed E-state index contributed by atoms with van der Waals surface area (Å²) < 4.78 is 5.99. The maximum absolute atomic E-state index is 13.4. The van der Waals surface area contributed by atoms with E-state index in [1.807, 2.05) is 43.3 Å². The van der Waals surface area contributed by atoms with Gasteiger partial charge in [-0.1, -0.05) is 83.0 Å². The number of ether oxygens (including phenoxy) is 1. The molecule has 0 aliphatic heterocycles. The third-order valence-corrected chi connectivity index (χ3v) is 5.78. The zero-order valence-corrected chi connectivity index (χ0v) is 21.2. The van der Waals surface area contributed by atoms with E-state index in [1.165, 1.54) is 0 Å². The van der Waals surface area contributed by atoms with Gasteiger partial charge in [-0.05, 0) is 47.6 Å². The molecule has 2 aromatic carbocycles. The van der Waals surface area contributed by atoms with Gasteiger partial charge in [0.15, 0.2) is 6.61 Å². The Morgan fingerprint density at radius 2 is 1.73 bits per heavy atom. The molecule has 1 unspecified atom stereocenters. The highest BCUT2D eigenvalue weighted by Gasteiger charge is 2.29. The molecule has 0 spiro atoms. The van der Waals surface area contributed by atoms with E-state index in [9.17, 15) is 9.59 Å². The van der Waals surface area contributed by atoms with Crippen LogP contribution in [-0.2, 0) is 21.5 Å². The highest BCUT2D eigenvalue weighted by Crippen LogP contribution is 2.31. The fourth-order valence-electron chi connectivity index (χ4n) is 3.65. The Kier molecular flexibility index (Phi) is 10.2. The number of benzene rings is 2. The maximum atomic E-state index is 13.4. The Morgan fingerprint density at radius 1 is 1.06 bits per heavy atom. The Hall–Kier alpha value is -2.53. The number of hydrogen-bond acceptors (Lipinski definition) is 3. The van der Waals surface area contributed by atoms with E-state index in [0.29, 0.717) is 30.3 Å². The van der Waals surface area contributed by atoms with Crippen LogP contribution in [-0.4, -0.2) is 35.9 Å². The van der Waals surface area contributed by atoms with Crippen LogP contribution in [0.3, 0.4) is 0 Å². The van der Waals surface area contributed by atoms with Gasteiger partial charge in [-0.25, -0.2) is 0 Å². The van der Waals surface area contributed by atoms with Crippen molar-refractivity contribution in [3.05, 3.63) is 64.7 Å². The summed E-state index contributed by atoms with van der Waals surface area (Å²) in [6.07, 6.45) is 2.40. The van der Waals surface area contributed by atoms with Crippen molar-refractivity contribution in [2.45, 2.75) is 71.9 Å². The van der Waals surface area contributed by atoms with Gasteiger partial charge in [0.1, 0.15) is 11.8 Å². The van der Waals surface area contributed by atoms with Crippen molar-refractivity contribution in [1.82, 2.24) is 10.2 Å². The first-order chi connectivity index (χ1) is 15.7. The lowest BCUT2D eigenvalue weighted by Crippen LogP contribution is -2.50. The molecule has 0 aliphatic rings. The third kappa shape index (κ3) is 8.08. The second-order valence-corrected chi connectivity index (χ2v) is 9.69. The van der Waals surface area contributed by atoms with Gasteiger partial charge in [-0.2, -0.15) is 0 Å².